The average molecular weight is 674 g/mol. The van der Waals surface area contributed by atoms with E-state index >= 15 is 0 Å². The average Bonchev–Trinajstić information content (AvgIpc) is 3.36. The molecule has 1 saturated carbocycles. The molecule has 0 bridgehead atoms. The first-order chi connectivity index (χ1) is 21.5. The molecule has 3 aromatic carbocycles. The molecule has 11 nitrogen and oxygen atoms in total. The lowest BCUT2D eigenvalue weighted by molar-refractivity contribution is -0.138. The van der Waals surface area contributed by atoms with Gasteiger partial charge in [-0.25, -0.2) is 23.4 Å². The molecule has 2 aliphatic rings. The van der Waals surface area contributed by atoms with Gasteiger partial charge in [-0.15, -0.1) is 0 Å². The van der Waals surface area contributed by atoms with Crippen LogP contribution in [0.4, 0.5) is 0 Å². The van der Waals surface area contributed by atoms with Crippen LogP contribution in [0.5, 0.6) is 0 Å². The Kier molecular flexibility index (Phi) is 8.77. The van der Waals surface area contributed by atoms with Crippen LogP contribution in [0.1, 0.15) is 64.7 Å². The Balaban J connectivity index is 1.39. The van der Waals surface area contributed by atoms with E-state index in [1.165, 1.54) is 0 Å². The van der Waals surface area contributed by atoms with Crippen molar-refractivity contribution in [3.8, 4) is 0 Å². The molecule has 0 unspecified atom stereocenters. The molecule has 0 spiro atoms. The van der Waals surface area contributed by atoms with Gasteiger partial charge >= 0.3 is 5.76 Å². The molecule has 4 aromatic rings. The van der Waals surface area contributed by atoms with Gasteiger partial charge < -0.3 is 9.32 Å². The van der Waals surface area contributed by atoms with Crippen molar-refractivity contribution in [3.63, 3.8) is 0 Å². The van der Waals surface area contributed by atoms with Crippen LogP contribution in [0.2, 0.25) is 10.0 Å². The van der Waals surface area contributed by atoms with Gasteiger partial charge in [-0.05, 0) is 59.9 Å². The first-order valence-electron chi connectivity index (χ1n) is 14.4. The highest BCUT2D eigenvalue weighted by Crippen LogP contribution is 2.47. The Bertz CT molecular complexity index is 1940. The third-order valence-electron chi connectivity index (χ3n) is 8.29. The molecule has 0 radical (unpaired) electrons. The monoisotopic (exact) mass is 672 g/mol. The number of oxazole rings is 1. The highest BCUT2D eigenvalue weighted by Gasteiger charge is 2.49. The maximum Gasteiger partial charge on any atom is 0.417 e. The fraction of sp³-hybridized carbons (Fsp3) is 0.323. The number of aromatic nitrogens is 1. The Morgan fingerprint density at radius 1 is 1.04 bits per heavy atom. The molecule has 3 N–H and O–H groups in total. The van der Waals surface area contributed by atoms with Gasteiger partial charge in [-0.1, -0.05) is 66.4 Å². The van der Waals surface area contributed by atoms with Crippen LogP contribution in [0, 0.1) is 0 Å². The Morgan fingerprint density at radius 2 is 1.82 bits per heavy atom. The van der Waals surface area contributed by atoms with Gasteiger partial charge in [0.1, 0.15) is 0 Å². The van der Waals surface area contributed by atoms with Gasteiger partial charge in [-0.2, -0.15) is 0 Å². The molecule has 2 heterocycles. The van der Waals surface area contributed by atoms with Crippen molar-refractivity contribution in [3.05, 3.63) is 104 Å². The molecule has 4 atom stereocenters. The van der Waals surface area contributed by atoms with Gasteiger partial charge in [-0.3, -0.25) is 19.4 Å². The summed E-state index contributed by atoms with van der Waals surface area (Å²) in [5.41, 5.74) is 5.41. The summed E-state index contributed by atoms with van der Waals surface area (Å²) in [5.74, 6) is -2.42. The van der Waals surface area contributed by atoms with Gasteiger partial charge in [0.15, 0.2) is 5.58 Å². The lowest BCUT2D eigenvalue weighted by Gasteiger charge is -2.49. The first kappa shape index (κ1) is 31.3. The van der Waals surface area contributed by atoms with Crippen LogP contribution >= 0.6 is 23.2 Å². The van der Waals surface area contributed by atoms with Gasteiger partial charge in [0.05, 0.1) is 30.3 Å². The molecule has 6 rings (SSSR count). The van der Waals surface area contributed by atoms with Crippen molar-refractivity contribution in [2.24, 2.45) is 0 Å². The highest BCUT2D eigenvalue weighted by molar-refractivity contribution is 7.88. The molecule has 1 aromatic heterocycles. The number of hydrogen-bond acceptors (Lipinski definition) is 7. The zero-order valence-electron chi connectivity index (χ0n) is 24.1. The fourth-order valence-corrected chi connectivity index (χ4v) is 7.82. The number of nitrogens with one attached hydrogen (secondary N) is 3. The van der Waals surface area contributed by atoms with Crippen molar-refractivity contribution in [1.29, 1.82) is 0 Å². The van der Waals surface area contributed by atoms with Crippen molar-refractivity contribution in [2.45, 2.75) is 56.3 Å². The number of fused-ring (bicyclic) bond motifs is 2. The second-order valence-corrected chi connectivity index (χ2v) is 14.0. The molecule has 14 heteroatoms. The predicted molar refractivity (Wildman–Crippen MR) is 168 cm³/mol. The zero-order chi connectivity index (χ0) is 31.9. The third kappa shape index (κ3) is 6.52. The molecule has 1 aliphatic carbocycles. The zero-order valence-corrected chi connectivity index (χ0v) is 26.4. The van der Waals surface area contributed by atoms with Crippen LogP contribution in [0.25, 0.3) is 11.1 Å². The van der Waals surface area contributed by atoms with Crippen LogP contribution in [-0.2, 0) is 26.3 Å². The predicted octanol–water partition coefficient (Wildman–Crippen LogP) is 4.82. The maximum atomic E-state index is 14.3. The second kappa shape index (κ2) is 12.6. The summed E-state index contributed by atoms with van der Waals surface area (Å²) < 4.78 is 32.5. The van der Waals surface area contributed by atoms with Gasteiger partial charge in [0.2, 0.25) is 10.0 Å². The number of nitrogens with zero attached hydrogens (tertiary/aromatic N) is 1. The van der Waals surface area contributed by atoms with Crippen LogP contribution in [-0.4, -0.2) is 48.5 Å². The van der Waals surface area contributed by atoms with Gasteiger partial charge in [0, 0.05) is 27.7 Å². The van der Waals surface area contributed by atoms with Crippen molar-refractivity contribution < 1.29 is 27.3 Å². The maximum absolute atomic E-state index is 14.3. The van der Waals surface area contributed by atoms with E-state index in [0.717, 1.165) is 19.1 Å². The number of amides is 2. The minimum Gasteiger partial charge on any atom is -0.408 e. The molecule has 1 fully saturated rings. The number of carbonyl (C=O) groups excluding carboxylic acids is 2. The van der Waals surface area contributed by atoms with E-state index in [1.54, 1.807) is 65.6 Å². The molecule has 45 heavy (non-hydrogen) atoms. The molecular weight excluding hydrogens is 643 g/mol. The van der Waals surface area contributed by atoms with E-state index in [2.05, 4.69) is 15.2 Å². The molecule has 1 aliphatic heterocycles. The molecule has 2 amide bonds. The van der Waals surface area contributed by atoms with Crippen LogP contribution < -0.4 is 16.0 Å². The minimum absolute atomic E-state index is 0.0265. The summed E-state index contributed by atoms with van der Waals surface area (Å²) in [6.07, 6.45) is 3.69. The quantitative estimate of drug-likeness (QED) is 0.227. The Morgan fingerprint density at radius 3 is 2.60 bits per heavy atom. The summed E-state index contributed by atoms with van der Waals surface area (Å²) in [4.78, 5) is 49.9. The van der Waals surface area contributed by atoms with Gasteiger partial charge in [0.25, 0.3) is 11.8 Å². The number of carbonyl (C=O) groups is 2. The fourth-order valence-electron chi connectivity index (χ4n) is 6.47. The normalized spacial score (nSPS) is 21.9. The van der Waals surface area contributed by atoms with Crippen molar-refractivity contribution >= 4 is 56.1 Å². The second-order valence-electron chi connectivity index (χ2n) is 11.3. The summed E-state index contributed by atoms with van der Waals surface area (Å²) in [5, 5.41) is 0.640. The summed E-state index contributed by atoms with van der Waals surface area (Å²) in [6.45, 7) is -0.0265. The highest BCUT2D eigenvalue weighted by atomic mass is 35.5. The number of hydroxylamine groups is 1. The molecule has 236 valence electrons. The van der Waals surface area contributed by atoms with Crippen LogP contribution in [0.3, 0.4) is 0 Å². The van der Waals surface area contributed by atoms with E-state index in [1.807, 2.05) is 0 Å². The summed E-state index contributed by atoms with van der Waals surface area (Å²) >= 11 is 13.0. The Labute approximate surface area is 268 Å². The van der Waals surface area contributed by atoms with E-state index in [4.69, 9.17) is 32.5 Å². The topological polar surface area (TPSA) is 151 Å². The number of rotatable bonds is 8. The minimum atomic E-state index is -3.61. The van der Waals surface area contributed by atoms with Crippen molar-refractivity contribution in [1.82, 2.24) is 20.1 Å². The molecule has 0 saturated heterocycles. The van der Waals surface area contributed by atoms with E-state index < -0.39 is 45.7 Å². The lowest BCUT2D eigenvalue weighted by atomic mass is 9.76. The number of benzene rings is 3. The smallest absolute Gasteiger partial charge is 0.408 e. The number of hydrogen-bond donors (Lipinski definition) is 3. The number of H-pyrrole nitrogens is 1. The van der Waals surface area contributed by atoms with Crippen molar-refractivity contribution in [2.75, 3.05) is 6.26 Å². The van der Waals surface area contributed by atoms with Crippen LogP contribution in [0.15, 0.2) is 69.9 Å². The number of aromatic amines is 1. The number of sulfonamides is 1. The SMILES string of the molecule is CS(=O)(=O)N[C@H]1CCCC[C@@H]1N1C(=O)c2ccccc2[C@@H](C(=O)NOCc2ccc3oc(=O)[nH]c3c2)[C@@H]1c1ccc(Cl)cc1Cl. The summed E-state index contributed by atoms with van der Waals surface area (Å²) in [7, 11) is -3.61. The third-order valence-corrected chi connectivity index (χ3v) is 9.58. The summed E-state index contributed by atoms with van der Waals surface area (Å²) in [6, 6.07) is 14.7. The lowest BCUT2D eigenvalue weighted by Crippen LogP contribution is -2.59. The largest absolute Gasteiger partial charge is 0.417 e. The van der Waals surface area contributed by atoms with E-state index in [9.17, 15) is 22.8 Å². The van der Waals surface area contributed by atoms with E-state index in [-0.39, 0.29) is 17.5 Å². The molecular formula is C31H30Cl2N4O7S. The standard InChI is InChI=1S/C31H30Cl2N4O7S/c1-45(41,42)36-23-8-4-5-9-25(23)37-28(21-12-11-18(32)15-22(21)33)27(19-6-2-3-7-20(19)30(37)39)29(38)35-43-16-17-10-13-26-24(14-17)34-31(40)44-26/h2-3,6-7,10-15,23,25,27-28,36H,4-5,8-9,16H2,1H3,(H,34,40)(H,35,38)/t23-,25-,27+,28-/m0/s1. The number of halogens is 2. The Hall–Kier alpha value is -3.68. The first-order valence-corrected chi connectivity index (χ1v) is 17.0. The van der Waals surface area contributed by atoms with E-state index in [0.29, 0.717) is 51.2 Å².